The van der Waals surface area contributed by atoms with Crippen LogP contribution in [0.25, 0.3) is 0 Å². The Labute approximate surface area is 119 Å². The average molecular weight is 272 g/mol. The lowest BCUT2D eigenvalue weighted by atomic mass is 10.1. The minimum absolute atomic E-state index is 0.0360. The second-order valence-corrected chi connectivity index (χ2v) is 4.93. The number of urea groups is 1. The number of rotatable bonds is 2. The Bertz CT molecular complexity index is 537. The molecule has 0 radical (unpaired) electrons. The van der Waals surface area contributed by atoms with E-state index in [2.05, 4.69) is 17.2 Å². The number of nitrogens with zero attached hydrogens (tertiary/aromatic N) is 1. The van der Waals surface area contributed by atoms with Gasteiger partial charge in [0.25, 0.3) is 0 Å². The van der Waals surface area contributed by atoms with Gasteiger partial charge in [0.2, 0.25) is 0 Å². The van der Waals surface area contributed by atoms with Crippen LogP contribution in [-0.2, 0) is 0 Å². The SMILES string of the molecule is Cc1ccc(C#CCCO)cc1NC(=O)N1CCCC1. The van der Waals surface area contributed by atoms with Crippen LogP contribution in [0.15, 0.2) is 18.2 Å². The number of amides is 2. The van der Waals surface area contributed by atoms with Crippen LogP contribution in [0, 0.1) is 18.8 Å². The number of carbonyl (C=O) groups excluding carboxylic acids is 1. The van der Waals surface area contributed by atoms with Crippen LogP contribution in [0.1, 0.15) is 30.4 Å². The first-order valence-corrected chi connectivity index (χ1v) is 6.97. The zero-order valence-corrected chi connectivity index (χ0v) is 11.8. The molecule has 0 saturated carbocycles. The number of hydrogen-bond acceptors (Lipinski definition) is 2. The molecule has 0 spiro atoms. The molecular weight excluding hydrogens is 252 g/mol. The van der Waals surface area contributed by atoms with E-state index in [1.807, 2.05) is 30.0 Å². The smallest absolute Gasteiger partial charge is 0.321 e. The predicted molar refractivity (Wildman–Crippen MR) is 79.6 cm³/mol. The number of aliphatic hydroxyl groups is 1. The van der Waals surface area contributed by atoms with Gasteiger partial charge in [-0.3, -0.25) is 0 Å². The van der Waals surface area contributed by atoms with Gasteiger partial charge in [-0.05, 0) is 37.5 Å². The van der Waals surface area contributed by atoms with Crippen LogP contribution in [0.2, 0.25) is 0 Å². The van der Waals surface area contributed by atoms with Crippen molar-refractivity contribution in [2.75, 3.05) is 25.0 Å². The summed E-state index contributed by atoms with van der Waals surface area (Å²) >= 11 is 0. The molecule has 2 amide bonds. The number of aryl methyl sites for hydroxylation is 1. The average Bonchev–Trinajstić information content (AvgIpc) is 2.97. The molecule has 1 aliphatic heterocycles. The van der Waals surface area contributed by atoms with E-state index in [-0.39, 0.29) is 12.6 Å². The lowest BCUT2D eigenvalue weighted by Crippen LogP contribution is -2.32. The van der Waals surface area contributed by atoms with Crippen molar-refractivity contribution < 1.29 is 9.90 Å². The number of nitrogens with one attached hydrogen (secondary N) is 1. The molecule has 1 fully saturated rings. The third-order valence-electron chi connectivity index (χ3n) is 3.34. The molecule has 2 N–H and O–H groups in total. The Kier molecular flexibility index (Phi) is 5.03. The van der Waals surface area contributed by atoms with Crippen LogP contribution in [0.4, 0.5) is 10.5 Å². The van der Waals surface area contributed by atoms with Crippen LogP contribution in [0.3, 0.4) is 0 Å². The minimum atomic E-state index is -0.0360. The molecule has 20 heavy (non-hydrogen) atoms. The predicted octanol–water partition coefficient (Wildman–Crippen LogP) is 2.36. The van der Waals surface area contributed by atoms with Gasteiger partial charge in [-0.25, -0.2) is 4.79 Å². The lowest BCUT2D eigenvalue weighted by molar-refractivity contribution is 0.222. The van der Waals surface area contributed by atoms with Crippen molar-refractivity contribution in [3.05, 3.63) is 29.3 Å². The molecule has 0 atom stereocenters. The molecule has 1 aromatic rings. The summed E-state index contributed by atoms with van der Waals surface area (Å²) in [4.78, 5) is 13.9. The summed E-state index contributed by atoms with van der Waals surface area (Å²) < 4.78 is 0. The molecule has 1 heterocycles. The third kappa shape index (κ3) is 3.75. The summed E-state index contributed by atoms with van der Waals surface area (Å²) in [6.07, 6.45) is 2.63. The van der Waals surface area contributed by atoms with Gasteiger partial charge in [-0.15, -0.1) is 0 Å². The molecule has 0 aliphatic carbocycles. The van der Waals surface area contributed by atoms with E-state index >= 15 is 0 Å². The first kappa shape index (κ1) is 14.4. The van der Waals surface area contributed by atoms with Crippen molar-refractivity contribution in [3.63, 3.8) is 0 Å². The molecular formula is C16H20N2O2. The molecule has 0 aromatic heterocycles. The summed E-state index contributed by atoms with van der Waals surface area (Å²) in [6.45, 7) is 3.70. The Morgan fingerprint density at radius 1 is 1.40 bits per heavy atom. The highest BCUT2D eigenvalue weighted by molar-refractivity contribution is 5.90. The monoisotopic (exact) mass is 272 g/mol. The van der Waals surface area contributed by atoms with Crippen molar-refractivity contribution >= 4 is 11.7 Å². The topological polar surface area (TPSA) is 52.6 Å². The maximum Gasteiger partial charge on any atom is 0.321 e. The highest BCUT2D eigenvalue weighted by atomic mass is 16.2. The zero-order chi connectivity index (χ0) is 14.4. The zero-order valence-electron chi connectivity index (χ0n) is 11.8. The van der Waals surface area contributed by atoms with Gasteiger partial charge in [-0.1, -0.05) is 17.9 Å². The van der Waals surface area contributed by atoms with Gasteiger partial charge in [0.15, 0.2) is 0 Å². The molecule has 4 nitrogen and oxygen atoms in total. The summed E-state index contributed by atoms with van der Waals surface area (Å²) in [5.74, 6) is 5.86. The number of likely N-dealkylation sites (tertiary alicyclic amines) is 1. The van der Waals surface area contributed by atoms with Gasteiger partial charge in [0.1, 0.15) is 0 Å². The Balaban J connectivity index is 2.08. The molecule has 0 unspecified atom stereocenters. The fourth-order valence-electron chi connectivity index (χ4n) is 2.17. The number of hydrogen-bond donors (Lipinski definition) is 2. The number of anilines is 1. The molecule has 0 bridgehead atoms. The van der Waals surface area contributed by atoms with E-state index in [0.29, 0.717) is 6.42 Å². The molecule has 1 saturated heterocycles. The first-order valence-electron chi connectivity index (χ1n) is 6.97. The normalized spacial score (nSPS) is 13.8. The van der Waals surface area contributed by atoms with Gasteiger partial charge in [0.05, 0.1) is 6.61 Å². The van der Waals surface area contributed by atoms with Gasteiger partial charge in [0, 0.05) is 30.8 Å². The van der Waals surface area contributed by atoms with Gasteiger partial charge < -0.3 is 15.3 Å². The highest BCUT2D eigenvalue weighted by Gasteiger charge is 2.18. The van der Waals surface area contributed by atoms with Gasteiger partial charge >= 0.3 is 6.03 Å². The second kappa shape index (κ2) is 6.97. The standard InChI is InChI=1S/C16H20N2O2/c1-13-7-8-14(6-2-5-11-19)12-15(13)17-16(20)18-9-3-4-10-18/h7-8,12,19H,3-5,9-11H2,1H3,(H,17,20). The molecule has 1 aromatic carbocycles. The van der Waals surface area contributed by atoms with E-state index in [9.17, 15) is 4.79 Å². The number of carbonyl (C=O) groups is 1. The Morgan fingerprint density at radius 3 is 2.85 bits per heavy atom. The lowest BCUT2D eigenvalue weighted by Gasteiger charge is -2.17. The van der Waals surface area contributed by atoms with E-state index in [0.717, 1.165) is 42.7 Å². The van der Waals surface area contributed by atoms with E-state index in [1.165, 1.54) is 0 Å². The largest absolute Gasteiger partial charge is 0.395 e. The highest BCUT2D eigenvalue weighted by Crippen LogP contribution is 2.18. The van der Waals surface area contributed by atoms with Gasteiger partial charge in [-0.2, -0.15) is 0 Å². The molecule has 106 valence electrons. The van der Waals surface area contributed by atoms with Crippen LogP contribution >= 0.6 is 0 Å². The molecule has 2 rings (SSSR count). The fraction of sp³-hybridized carbons (Fsp3) is 0.438. The van der Waals surface area contributed by atoms with Crippen molar-refractivity contribution in [2.45, 2.75) is 26.2 Å². The second-order valence-electron chi connectivity index (χ2n) is 4.93. The summed E-state index contributed by atoms with van der Waals surface area (Å²) in [7, 11) is 0. The van der Waals surface area contributed by atoms with Crippen molar-refractivity contribution in [1.82, 2.24) is 4.90 Å². The minimum Gasteiger partial charge on any atom is -0.395 e. The van der Waals surface area contributed by atoms with Crippen LogP contribution < -0.4 is 5.32 Å². The third-order valence-corrected chi connectivity index (χ3v) is 3.34. The van der Waals surface area contributed by atoms with E-state index < -0.39 is 0 Å². The molecule has 1 aliphatic rings. The summed E-state index contributed by atoms with van der Waals surface area (Å²) in [6, 6.07) is 5.72. The number of aliphatic hydroxyl groups excluding tert-OH is 1. The summed E-state index contributed by atoms with van der Waals surface area (Å²) in [5, 5.41) is 11.7. The quantitative estimate of drug-likeness (QED) is 0.812. The summed E-state index contributed by atoms with van der Waals surface area (Å²) in [5.41, 5.74) is 2.67. The van der Waals surface area contributed by atoms with Crippen molar-refractivity contribution in [3.8, 4) is 11.8 Å². The maximum atomic E-state index is 12.1. The Morgan fingerprint density at radius 2 is 2.15 bits per heavy atom. The maximum absolute atomic E-state index is 12.1. The van der Waals surface area contributed by atoms with Crippen LogP contribution in [-0.4, -0.2) is 35.7 Å². The van der Waals surface area contributed by atoms with Crippen molar-refractivity contribution in [2.24, 2.45) is 0 Å². The van der Waals surface area contributed by atoms with Crippen LogP contribution in [0.5, 0.6) is 0 Å². The molecule has 4 heteroatoms. The Hall–Kier alpha value is -1.99. The number of benzene rings is 1. The van der Waals surface area contributed by atoms with E-state index in [4.69, 9.17) is 5.11 Å². The first-order chi connectivity index (χ1) is 9.70. The van der Waals surface area contributed by atoms with Crippen molar-refractivity contribution in [1.29, 1.82) is 0 Å². The van der Waals surface area contributed by atoms with E-state index in [1.54, 1.807) is 0 Å². The fourth-order valence-corrected chi connectivity index (χ4v) is 2.17.